The van der Waals surface area contributed by atoms with E-state index in [9.17, 15) is 21.6 Å². The van der Waals surface area contributed by atoms with Crippen LogP contribution in [0.15, 0.2) is 24.3 Å². The summed E-state index contributed by atoms with van der Waals surface area (Å²) in [5, 5.41) is -0.236. The van der Waals surface area contributed by atoms with E-state index < -0.39 is 21.8 Å². The molecule has 23 heavy (non-hydrogen) atoms. The van der Waals surface area contributed by atoms with Crippen LogP contribution in [0.3, 0.4) is 0 Å². The summed E-state index contributed by atoms with van der Waals surface area (Å²) in [7, 11) is -3.19. The number of hydrogen-bond donors (Lipinski definition) is 0. The van der Waals surface area contributed by atoms with Gasteiger partial charge in [-0.25, -0.2) is 8.42 Å². The molecule has 0 amide bonds. The molecule has 0 N–H and O–H groups in total. The first-order valence-electron chi connectivity index (χ1n) is 7.65. The number of benzene rings is 1. The van der Waals surface area contributed by atoms with Gasteiger partial charge in [0.15, 0.2) is 0 Å². The molecule has 1 aliphatic heterocycles. The second-order valence-electron chi connectivity index (χ2n) is 6.07. The quantitative estimate of drug-likeness (QED) is 0.838. The van der Waals surface area contributed by atoms with Crippen LogP contribution in [0.4, 0.5) is 13.2 Å². The highest BCUT2D eigenvalue weighted by atomic mass is 32.2. The van der Waals surface area contributed by atoms with E-state index >= 15 is 0 Å². The first kappa shape index (κ1) is 16.7. The van der Waals surface area contributed by atoms with E-state index in [1.807, 2.05) is 4.90 Å². The second kappa shape index (κ2) is 6.07. The Hall–Kier alpha value is -1.12. The van der Waals surface area contributed by atoms with Crippen molar-refractivity contribution in [1.82, 2.24) is 9.21 Å². The zero-order valence-corrected chi connectivity index (χ0v) is 13.4. The van der Waals surface area contributed by atoms with Gasteiger partial charge in [-0.3, -0.25) is 4.90 Å². The van der Waals surface area contributed by atoms with E-state index in [-0.39, 0.29) is 17.4 Å². The Morgan fingerprint density at radius 1 is 1.04 bits per heavy atom. The van der Waals surface area contributed by atoms with Crippen molar-refractivity contribution in [3.63, 3.8) is 0 Å². The fraction of sp³-hybridized carbons (Fsp3) is 0.600. The van der Waals surface area contributed by atoms with Crippen molar-refractivity contribution in [3.8, 4) is 0 Å². The molecule has 1 saturated heterocycles. The molecular formula is C15H19F3N2O2S. The number of sulfonamides is 1. The lowest BCUT2D eigenvalue weighted by molar-refractivity contribution is -0.138. The third-order valence-electron chi connectivity index (χ3n) is 4.35. The third-order valence-corrected chi connectivity index (χ3v) is 6.75. The Kier molecular flexibility index (Phi) is 4.41. The fourth-order valence-corrected chi connectivity index (χ4v) is 4.72. The summed E-state index contributed by atoms with van der Waals surface area (Å²) in [5.74, 6) is 0. The van der Waals surface area contributed by atoms with Gasteiger partial charge in [-0.05, 0) is 24.5 Å². The Bertz CT molecular complexity index is 664. The highest BCUT2D eigenvalue weighted by molar-refractivity contribution is 7.90. The molecule has 0 unspecified atom stereocenters. The molecule has 0 radical (unpaired) electrons. The molecule has 0 spiro atoms. The van der Waals surface area contributed by atoms with Crippen molar-refractivity contribution in [2.45, 2.75) is 30.8 Å². The summed E-state index contributed by atoms with van der Waals surface area (Å²) >= 11 is 0. The van der Waals surface area contributed by atoms with Gasteiger partial charge in [0.1, 0.15) is 0 Å². The van der Waals surface area contributed by atoms with Crippen LogP contribution in [0.25, 0.3) is 0 Å². The number of alkyl halides is 3. The SMILES string of the molecule is O=S(=O)(C1CC1)N1CCN(Cc2ccccc2C(F)(F)F)CC1. The Morgan fingerprint density at radius 2 is 1.65 bits per heavy atom. The van der Waals surface area contributed by atoms with Crippen LogP contribution < -0.4 is 0 Å². The monoisotopic (exact) mass is 348 g/mol. The van der Waals surface area contributed by atoms with Crippen LogP contribution in [0.1, 0.15) is 24.0 Å². The molecule has 0 atom stereocenters. The summed E-state index contributed by atoms with van der Waals surface area (Å²) < 4.78 is 64.8. The van der Waals surface area contributed by atoms with E-state index in [4.69, 9.17) is 0 Å². The summed E-state index contributed by atoms with van der Waals surface area (Å²) in [6.45, 7) is 1.81. The van der Waals surface area contributed by atoms with Crippen LogP contribution in [0, 0.1) is 0 Å². The normalized spacial score (nSPS) is 21.5. The molecule has 4 nitrogen and oxygen atoms in total. The third kappa shape index (κ3) is 3.70. The molecular weight excluding hydrogens is 329 g/mol. The zero-order valence-electron chi connectivity index (χ0n) is 12.6. The van der Waals surface area contributed by atoms with Crippen LogP contribution in [-0.2, 0) is 22.7 Å². The zero-order chi connectivity index (χ0) is 16.7. The fourth-order valence-electron chi connectivity index (χ4n) is 2.89. The Labute approximate surface area is 133 Å². The highest BCUT2D eigenvalue weighted by Gasteiger charge is 2.41. The maximum absolute atomic E-state index is 13.0. The minimum Gasteiger partial charge on any atom is -0.296 e. The van der Waals surface area contributed by atoms with Crippen molar-refractivity contribution < 1.29 is 21.6 Å². The number of rotatable bonds is 4. The molecule has 1 aromatic rings. The van der Waals surface area contributed by atoms with Crippen molar-refractivity contribution in [2.24, 2.45) is 0 Å². The van der Waals surface area contributed by atoms with Gasteiger partial charge in [-0.15, -0.1) is 0 Å². The van der Waals surface area contributed by atoms with Crippen LogP contribution in [0.2, 0.25) is 0 Å². The average molecular weight is 348 g/mol. The number of hydrogen-bond acceptors (Lipinski definition) is 3. The lowest BCUT2D eigenvalue weighted by Crippen LogP contribution is -2.49. The first-order chi connectivity index (χ1) is 10.8. The smallest absolute Gasteiger partial charge is 0.296 e. The van der Waals surface area contributed by atoms with Gasteiger partial charge >= 0.3 is 6.18 Å². The van der Waals surface area contributed by atoms with Gasteiger partial charge in [0.2, 0.25) is 10.0 Å². The molecule has 0 aromatic heterocycles. The molecule has 1 aromatic carbocycles. The van der Waals surface area contributed by atoms with Crippen molar-refractivity contribution in [2.75, 3.05) is 26.2 Å². The highest BCUT2D eigenvalue weighted by Crippen LogP contribution is 2.33. The minimum absolute atomic E-state index is 0.187. The predicted molar refractivity (Wildman–Crippen MR) is 80.2 cm³/mol. The first-order valence-corrected chi connectivity index (χ1v) is 9.15. The number of piperazine rings is 1. The molecule has 0 bridgehead atoms. The van der Waals surface area contributed by atoms with Crippen molar-refractivity contribution in [1.29, 1.82) is 0 Å². The van der Waals surface area contributed by atoms with Crippen molar-refractivity contribution >= 4 is 10.0 Å². The molecule has 8 heteroatoms. The van der Waals surface area contributed by atoms with E-state index in [1.54, 1.807) is 6.07 Å². The van der Waals surface area contributed by atoms with E-state index in [0.717, 1.165) is 18.9 Å². The Balaban J connectivity index is 1.64. The van der Waals surface area contributed by atoms with E-state index in [0.29, 0.717) is 26.2 Å². The predicted octanol–water partition coefficient (Wildman–Crippen LogP) is 2.32. The standard InChI is InChI=1S/C15H19F3N2O2S/c16-15(17,18)14-4-2-1-3-12(14)11-19-7-9-20(10-8-19)23(21,22)13-5-6-13/h1-4,13H,5-11H2. The second-order valence-corrected chi connectivity index (χ2v) is 8.29. The van der Waals surface area contributed by atoms with Crippen LogP contribution in [0.5, 0.6) is 0 Å². The Morgan fingerprint density at radius 3 is 2.22 bits per heavy atom. The van der Waals surface area contributed by atoms with Gasteiger partial charge in [-0.2, -0.15) is 17.5 Å². The van der Waals surface area contributed by atoms with Gasteiger partial charge in [0, 0.05) is 32.7 Å². The molecule has 3 rings (SSSR count). The van der Waals surface area contributed by atoms with E-state index in [1.165, 1.54) is 16.4 Å². The van der Waals surface area contributed by atoms with Gasteiger partial charge in [-0.1, -0.05) is 18.2 Å². The molecule has 1 aliphatic carbocycles. The number of halogens is 3. The number of nitrogens with zero attached hydrogens (tertiary/aromatic N) is 2. The van der Waals surface area contributed by atoms with Gasteiger partial charge in [0.05, 0.1) is 10.8 Å². The van der Waals surface area contributed by atoms with Crippen LogP contribution in [-0.4, -0.2) is 49.1 Å². The maximum Gasteiger partial charge on any atom is 0.416 e. The molecule has 128 valence electrons. The lowest BCUT2D eigenvalue weighted by Gasteiger charge is -2.34. The summed E-state index contributed by atoms with van der Waals surface area (Å²) in [4.78, 5) is 1.88. The minimum atomic E-state index is -4.37. The summed E-state index contributed by atoms with van der Waals surface area (Å²) in [6.07, 6.45) is -2.92. The lowest BCUT2D eigenvalue weighted by atomic mass is 10.1. The molecule has 1 heterocycles. The topological polar surface area (TPSA) is 40.6 Å². The molecule has 2 fully saturated rings. The summed E-state index contributed by atoms with van der Waals surface area (Å²) in [6, 6.07) is 5.55. The summed E-state index contributed by atoms with van der Waals surface area (Å²) in [5.41, 5.74) is -0.383. The van der Waals surface area contributed by atoms with Crippen LogP contribution >= 0.6 is 0 Å². The van der Waals surface area contributed by atoms with Crippen molar-refractivity contribution in [3.05, 3.63) is 35.4 Å². The van der Waals surface area contributed by atoms with Gasteiger partial charge < -0.3 is 0 Å². The van der Waals surface area contributed by atoms with E-state index in [2.05, 4.69) is 0 Å². The maximum atomic E-state index is 13.0. The average Bonchev–Trinajstić information content (AvgIpc) is 3.32. The largest absolute Gasteiger partial charge is 0.416 e. The van der Waals surface area contributed by atoms with Gasteiger partial charge in [0.25, 0.3) is 0 Å². The molecule has 2 aliphatic rings. The molecule has 1 saturated carbocycles.